The molecule has 2 aromatic rings. The molecule has 19 heavy (non-hydrogen) atoms. The number of rotatable bonds is 4. The highest BCUT2D eigenvalue weighted by molar-refractivity contribution is 7.99. The first-order chi connectivity index (χ1) is 8.99. The van der Waals surface area contributed by atoms with Crippen LogP contribution in [0.4, 0.5) is 5.69 Å². The summed E-state index contributed by atoms with van der Waals surface area (Å²) in [7, 11) is 1.88. The highest BCUT2D eigenvalue weighted by Gasteiger charge is 2.15. The van der Waals surface area contributed by atoms with E-state index in [-0.39, 0.29) is 4.75 Å². The van der Waals surface area contributed by atoms with Crippen LogP contribution in [0.5, 0.6) is 0 Å². The number of thioether (sulfide) groups is 1. The van der Waals surface area contributed by atoms with Crippen LogP contribution in [-0.4, -0.2) is 21.9 Å². The summed E-state index contributed by atoms with van der Waals surface area (Å²) in [5.74, 6) is 2.06. The van der Waals surface area contributed by atoms with Crippen molar-refractivity contribution in [3.8, 4) is 11.5 Å². The first-order valence-electron chi connectivity index (χ1n) is 6.23. The minimum Gasteiger partial charge on any atom is -0.387 e. The molecule has 0 saturated carbocycles. The van der Waals surface area contributed by atoms with Crippen LogP contribution in [0.1, 0.15) is 26.6 Å². The lowest BCUT2D eigenvalue weighted by molar-refractivity contribution is 0.425. The summed E-state index contributed by atoms with van der Waals surface area (Å²) in [5, 5.41) is 7.16. The lowest BCUT2D eigenvalue weighted by Crippen LogP contribution is -2.07. The van der Waals surface area contributed by atoms with Crippen LogP contribution in [0.25, 0.3) is 11.5 Å². The maximum absolute atomic E-state index is 5.34. The highest BCUT2D eigenvalue weighted by atomic mass is 32.2. The fraction of sp³-hybridized carbons (Fsp3) is 0.429. The normalized spacial score (nSPS) is 11.6. The van der Waals surface area contributed by atoms with Gasteiger partial charge in [-0.2, -0.15) is 4.98 Å². The van der Waals surface area contributed by atoms with Gasteiger partial charge in [-0.3, -0.25) is 0 Å². The van der Waals surface area contributed by atoms with Crippen LogP contribution in [0.3, 0.4) is 0 Å². The average molecular weight is 277 g/mol. The molecule has 0 spiro atoms. The SMILES string of the molecule is CNc1ccccc1-c1nc(CSC(C)(C)C)no1. The molecule has 1 heterocycles. The van der Waals surface area contributed by atoms with Gasteiger partial charge in [0, 0.05) is 17.5 Å². The van der Waals surface area contributed by atoms with E-state index in [1.54, 1.807) is 11.8 Å². The third kappa shape index (κ3) is 3.73. The Kier molecular flexibility index (Phi) is 4.14. The number of aromatic nitrogens is 2. The Bertz CT molecular complexity index is 546. The molecule has 0 radical (unpaired) electrons. The largest absolute Gasteiger partial charge is 0.387 e. The van der Waals surface area contributed by atoms with Crippen LogP contribution < -0.4 is 5.32 Å². The first kappa shape index (κ1) is 13.9. The molecule has 0 aliphatic heterocycles. The molecule has 1 aromatic carbocycles. The third-order valence-electron chi connectivity index (χ3n) is 2.53. The number of anilines is 1. The van der Waals surface area contributed by atoms with E-state index in [1.807, 2.05) is 31.3 Å². The molecule has 0 atom stereocenters. The Morgan fingerprint density at radius 1 is 1.26 bits per heavy atom. The zero-order chi connectivity index (χ0) is 13.9. The molecule has 1 N–H and O–H groups in total. The number of nitrogens with one attached hydrogen (secondary N) is 1. The third-order valence-corrected chi connectivity index (χ3v) is 3.80. The Morgan fingerprint density at radius 2 is 2.00 bits per heavy atom. The van der Waals surface area contributed by atoms with E-state index < -0.39 is 0 Å². The molecule has 102 valence electrons. The maximum Gasteiger partial charge on any atom is 0.260 e. The van der Waals surface area contributed by atoms with Crippen molar-refractivity contribution in [2.24, 2.45) is 0 Å². The van der Waals surface area contributed by atoms with E-state index in [0.29, 0.717) is 5.89 Å². The summed E-state index contributed by atoms with van der Waals surface area (Å²) in [6.07, 6.45) is 0. The van der Waals surface area contributed by atoms with Gasteiger partial charge in [-0.1, -0.05) is 38.1 Å². The second-order valence-electron chi connectivity index (χ2n) is 5.21. The van der Waals surface area contributed by atoms with Crippen molar-refractivity contribution in [1.29, 1.82) is 0 Å². The molecule has 1 aromatic heterocycles. The molecule has 0 aliphatic rings. The van der Waals surface area contributed by atoms with Crippen molar-refractivity contribution in [2.45, 2.75) is 31.3 Å². The van der Waals surface area contributed by atoms with Crippen LogP contribution in [0.15, 0.2) is 28.8 Å². The molecule has 0 saturated heterocycles. The second kappa shape index (κ2) is 5.65. The van der Waals surface area contributed by atoms with E-state index in [0.717, 1.165) is 22.8 Å². The van der Waals surface area contributed by atoms with E-state index >= 15 is 0 Å². The zero-order valence-electron chi connectivity index (χ0n) is 11.7. The first-order valence-corrected chi connectivity index (χ1v) is 7.22. The Labute approximate surface area is 118 Å². The summed E-state index contributed by atoms with van der Waals surface area (Å²) < 4.78 is 5.54. The van der Waals surface area contributed by atoms with E-state index in [9.17, 15) is 0 Å². The van der Waals surface area contributed by atoms with E-state index in [2.05, 4.69) is 36.2 Å². The van der Waals surface area contributed by atoms with Crippen molar-refractivity contribution >= 4 is 17.4 Å². The molecule has 0 amide bonds. The Morgan fingerprint density at radius 3 is 2.68 bits per heavy atom. The Hall–Kier alpha value is -1.49. The zero-order valence-corrected chi connectivity index (χ0v) is 12.5. The predicted molar refractivity (Wildman–Crippen MR) is 80.3 cm³/mol. The van der Waals surface area contributed by atoms with Crippen molar-refractivity contribution in [1.82, 2.24) is 10.1 Å². The number of para-hydroxylation sites is 1. The number of hydrogen-bond acceptors (Lipinski definition) is 5. The molecule has 4 nitrogen and oxygen atoms in total. The van der Waals surface area contributed by atoms with Crippen molar-refractivity contribution in [3.63, 3.8) is 0 Å². The quantitative estimate of drug-likeness (QED) is 0.921. The number of nitrogens with zero attached hydrogens (tertiary/aromatic N) is 2. The summed E-state index contributed by atoms with van der Waals surface area (Å²) >= 11 is 1.80. The molecule has 5 heteroatoms. The molecular formula is C14H19N3OS. The lowest BCUT2D eigenvalue weighted by Gasteiger charge is -2.15. The van der Waals surface area contributed by atoms with Gasteiger partial charge in [0.2, 0.25) is 0 Å². The standard InChI is InChI=1S/C14H19N3OS/c1-14(2,3)19-9-12-16-13(18-17-12)10-7-5-6-8-11(10)15-4/h5-8,15H,9H2,1-4H3. The van der Waals surface area contributed by atoms with Gasteiger partial charge in [0.05, 0.1) is 11.3 Å². The van der Waals surface area contributed by atoms with E-state index in [1.165, 1.54) is 0 Å². The minimum atomic E-state index is 0.198. The van der Waals surface area contributed by atoms with Crippen LogP contribution >= 0.6 is 11.8 Å². The molecular weight excluding hydrogens is 258 g/mol. The van der Waals surface area contributed by atoms with Gasteiger partial charge in [-0.25, -0.2) is 0 Å². The van der Waals surface area contributed by atoms with Crippen LogP contribution in [0.2, 0.25) is 0 Å². The van der Waals surface area contributed by atoms with E-state index in [4.69, 9.17) is 4.52 Å². The predicted octanol–water partition coefficient (Wildman–Crippen LogP) is 3.81. The topological polar surface area (TPSA) is 51.0 Å². The van der Waals surface area contributed by atoms with Gasteiger partial charge in [-0.05, 0) is 12.1 Å². The van der Waals surface area contributed by atoms with Gasteiger partial charge in [0.25, 0.3) is 5.89 Å². The van der Waals surface area contributed by atoms with Crippen LogP contribution in [0, 0.1) is 0 Å². The maximum atomic E-state index is 5.34. The summed E-state index contributed by atoms with van der Waals surface area (Å²) in [4.78, 5) is 4.45. The van der Waals surface area contributed by atoms with Gasteiger partial charge >= 0.3 is 0 Å². The molecule has 2 rings (SSSR count). The molecule has 0 unspecified atom stereocenters. The fourth-order valence-electron chi connectivity index (χ4n) is 1.59. The second-order valence-corrected chi connectivity index (χ2v) is 7.01. The number of hydrogen-bond donors (Lipinski definition) is 1. The monoisotopic (exact) mass is 277 g/mol. The van der Waals surface area contributed by atoms with Gasteiger partial charge in [-0.15, -0.1) is 11.8 Å². The van der Waals surface area contributed by atoms with Gasteiger partial charge in [0.1, 0.15) is 0 Å². The van der Waals surface area contributed by atoms with Crippen LogP contribution in [-0.2, 0) is 5.75 Å². The number of benzene rings is 1. The average Bonchev–Trinajstić information content (AvgIpc) is 2.84. The molecule has 0 bridgehead atoms. The minimum absolute atomic E-state index is 0.198. The molecule has 0 aliphatic carbocycles. The Balaban J connectivity index is 2.17. The van der Waals surface area contributed by atoms with Crippen molar-refractivity contribution in [3.05, 3.63) is 30.1 Å². The molecule has 0 fully saturated rings. The van der Waals surface area contributed by atoms with Crippen molar-refractivity contribution < 1.29 is 4.52 Å². The summed E-state index contributed by atoms with van der Waals surface area (Å²) in [6.45, 7) is 6.53. The van der Waals surface area contributed by atoms with Gasteiger partial charge in [0.15, 0.2) is 5.82 Å². The van der Waals surface area contributed by atoms with Gasteiger partial charge < -0.3 is 9.84 Å². The summed E-state index contributed by atoms with van der Waals surface area (Å²) in [6, 6.07) is 7.90. The lowest BCUT2D eigenvalue weighted by atomic mass is 10.2. The highest BCUT2D eigenvalue weighted by Crippen LogP contribution is 2.29. The summed E-state index contributed by atoms with van der Waals surface area (Å²) in [5.41, 5.74) is 1.92. The smallest absolute Gasteiger partial charge is 0.260 e. The van der Waals surface area contributed by atoms with Crippen molar-refractivity contribution in [2.75, 3.05) is 12.4 Å². The fourth-order valence-corrected chi connectivity index (χ4v) is 2.27.